The summed E-state index contributed by atoms with van der Waals surface area (Å²) in [6.45, 7) is 7.25. The number of allylic oxidation sites excluding steroid dienone is 1. The molecule has 0 rings (SSSR count). The van der Waals surface area contributed by atoms with Crippen LogP contribution in [-0.2, 0) is 19.5 Å². The monoisotopic (exact) mass is 227 g/mol. The molecule has 0 fully saturated rings. The van der Waals surface area contributed by atoms with Crippen LogP contribution in [0.2, 0.25) is 0 Å². The van der Waals surface area contributed by atoms with Gasteiger partial charge < -0.3 is 6.92 Å². The van der Waals surface area contributed by atoms with E-state index in [1.165, 1.54) is 6.42 Å². The first-order valence-corrected chi connectivity index (χ1v) is 2.32. The van der Waals surface area contributed by atoms with E-state index in [0.29, 0.717) is 0 Å². The average molecular weight is 229 g/mol. The summed E-state index contributed by atoms with van der Waals surface area (Å²) >= 11 is 0. The summed E-state index contributed by atoms with van der Waals surface area (Å²) in [6.07, 6.45) is 5.25. The van der Waals surface area contributed by atoms with Crippen LogP contribution >= 0.6 is 17.0 Å². The van der Waals surface area contributed by atoms with Crippen molar-refractivity contribution in [3.05, 3.63) is 19.6 Å². The van der Waals surface area contributed by atoms with Crippen LogP contribution in [0.1, 0.15) is 19.3 Å². The van der Waals surface area contributed by atoms with E-state index in [4.69, 9.17) is 0 Å². The molecule has 8 heavy (non-hydrogen) atoms. The normalized spacial score (nSPS) is 6.12. The van der Waals surface area contributed by atoms with E-state index in [1.54, 1.807) is 0 Å². The van der Waals surface area contributed by atoms with E-state index < -0.39 is 0 Å². The molecule has 46 valence electrons. The Hall–Kier alpha value is 0.843. The van der Waals surface area contributed by atoms with Crippen molar-refractivity contribution < 1.29 is 19.5 Å². The summed E-state index contributed by atoms with van der Waals surface area (Å²) in [6, 6.07) is 0. The second-order valence-corrected chi connectivity index (χ2v) is 1.28. The molecule has 0 saturated carbocycles. The van der Waals surface area contributed by atoms with Crippen LogP contribution in [0.5, 0.6) is 0 Å². The predicted molar refractivity (Wildman–Crippen MR) is 39.7 cm³/mol. The van der Waals surface area contributed by atoms with Gasteiger partial charge in [0.15, 0.2) is 0 Å². The molecule has 0 atom stereocenters. The minimum atomic E-state index is 0. The maximum atomic E-state index is 3.68. The van der Waals surface area contributed by atoms with Crippen LogP contribution in [0.4, 0.5) is 0 Å². The van der Waals surface area contributed by atoms with Crippen molar-refractivity contribution in [2.75, 3.05) is 0 Å². The van der Waals surface area contributed by atoms with Gasteiger partial charge in [-0.3, -0.25) is 0 Å². The number of hydrogen-bond acceptors (Lipinski definition) is 0. The summed E-state index contributed by atoms with van der Waals surface area (Å²) in [5.74, 6) is 0. The topological polar surface area (TPSA) is 0 Å². The Morgan fingerprint density at radius 2 is 2.00 bits per heavy atom. The first kappa shape index (κ1) is 15.9. The van der Waals surface area contributed by atoms with Gasteiger partial charge in [0.05, 0.1) is 0 Å². The van der Waals surface area contributed by atoms with E-state index in [-0.39, 0.29) is 36.5 Å². The van der Waals surface area contributed by atoms with Gasteiger partial charge in [0, 0.05) is 19.5 Å². The Labute approximate surface area is 75.3 Å². The minimum Gasteiger partial charge on any atom is -0.343 e. The molecular formula is C6H12BrZn-. The van der Waals surface area contributed by atoms with Gasteiger partial charge in [-0.05, 0) is 6.42 Å². The molecule has 0 heterocycles. The summed E-state index contributed by atoms with van der Waals surface area (Å²) in [4.78, 5) is 0. The van der Waals surface area contributed by atoms with E-state index in [0.717, 1.165) is 12.8 Å². The van der Waals surface area contributed by atoms with Crippen molar-refractivity contribution in [2.24, 2.45) is 0 Å². The molecule has 0 N–H and O–H groups in total. The van der Waals surface area contributed by atoms with Crippen LogP contribution in [0.3, 0.4) is 0 Å². The zero-order valence-electron chi connectivity index (χ0n) is 5.23. The molecule has 0 bridgehead atoms. The second-order valence-electron chi connectivity index (χ2n) is 1.28. The smallest absolute Gasteiger partial charge is 0 e. The maximum absolute atomic E-state index is 3.68. The van der Waals surface area contributed by atoms with Gasteiger partial charge in [-0.2, -0.15) is 6.42 Å². The van der Waals surface area contributed by atoms with Crippen LogP contribution in [0.15, 0.2) is 12.7 Å². The average Bonchev–Trinajstić information content (AvgIpc) is 1.61. The van der Waals surface area contributed by atoms with Gasteiger partial charge in [-0.25, -0.2) is 0 Å². The minimum absolute atomic E-state index is 0. The Morgan fingerprint density at radius 3 is 2.12 bits per heavy atom. The quantitative estimate of drug-likeness (QED) is 0.302. The van der Waals surface area contributed by atoms with Crippen molar-refractivity contribution in [1.29, 1.82) is 0 Å². The second kappa shape index (κ2) is 15.7. The number of unbranched alkanes of at least 4 members (excludes halogenated alkanes) is 2. The number of rotatable bonds is 3. The summed E-state index contributed by atoms with van der Waals surface area (Å²) < 4.78 is 0. The van der Waals surface area contributed by atoms with Crippen molar-refractivity contribution in [3.8, 4) is 0 Å². The Balaban J connectivity index is -0.000000125. The van der Waals surface area contributed by atoms with E-state index >= 15 is 0 Å². The molecule has 2 heteroatoms. The molecule has 0 aliphatic heterocycles. The third-order valence-corrected chi connectivity index (χ3v) is 0.658. The van der Waals surface area contributed by atoms with Crippen LogP contribution in [-0.4, -0.2) is 0 Å². The molecule has 0 unspecified atom stereocenters. The van der Waals surface area contributed by atoms with Gasteiger partial charge in [-0.1, -0.05) is 12.5 Å². The molecule has 0 aromatic carbocycles. The summed E-state index contributed by atoms with van der Waals surface area (Å²) in [7, 11) is 0. The van der Waals surface area contributed by atoms with Crippen molar-refractivity contribution >= 4 is 17.0 Å². The predicted octanol–water partition coefficient (Wildman–Crippen LogP) is 2.75. The van der Waals surface area contributed by atoms with E-state index in [9.17, 15) is 0 Å². The molecular weight excluding hydrogens is 217 g/mol. The fourth-order valence-electron chi connectivity index (χ4n) is 0.289. The van der Waals surface area contributed by atoms with E-state index in [1.807, 2.05) is 6.08 Å². The Bertz CT molecular complexity index is 37.5. The van der Waals surface area contributed by atoms with Crippen molar-refractivity contribution in [2.45, 2.75) is 19.3 Å². The van der Waals surface area contributed by atoms with Crippen molar-refractivity contribution in [1.82, 2.24) is 0 Å². The number of halogens is 1. The zero-order valence-corrected chi connectivity index (χ0v) is 9.91. The first-order chi connectivity index (χ1) is 2.91. The number of hydrogen-bond donors (Lipinski definition) is 0. The van der Waals surface area contributed by atoms with Crippen LogP contribution in [0, 0.1) is 6.92 Å². The zero-order chi connectivity index (χ0) is 4.83. The largest absolute Gasteiger partial charge is 0.343 e. The third kappa shape index (κ3) is 15.8. The molecule has 0 aromatic rings. The molecule has 0 radical (unpaired) electrons. The molecule has 0 aliphatic rings. The van der Waals surface area contributed by atoms with Gasteiger partial charge in [0.25, 0.3) is 0 Å². The van der Waals surface area contributed by atoms with E-state index in [2.05, 4.69) is 13.5 Å². The standard InChI is InChI=1S/C6H11.BrH.Zn/c1-3-5-6-4-2;;/h3H,1-2,4-6H2;1H;/q-1;;. The van der Waals surface area contributed by atoms with Gasteiger partial charge >= 0.3 is 0 Å². The summed E-state index contributed by atoms with van der Waals surface area (Å²) in [5.41, 5.74) is 0. The maximum Gasteiger partial charge on any atom is 0 e. The molecule has 0 aliphatic carbocycles. The molecule has 0 amide bonds. The first-order valence-electron chi connectivity index (χ1n) is 2.32. The third-order valence-electron chi connectivity index (χ3n) is 0.658. The van der Waals surface area contributed by atoms with Gasteiger partial charge in [0.2, 0.25) is 0 Å². The Kier molecular flexibility index (Phi) is 31.2. The fourth-order valence-corrected chi connectivity index (χ4v) is 0.289. The van der Waals surface area contributed by atoms with Gasteiger partial charge in [0.1, 0.15) is 0 Å². The SMILES string of the molecule is Br.C=CCCC[CH2-].[Zn]. The Morgan fingerprint density at radius 1 is 1.50 bits per heavy atom. The van der Waals surface area contributed by atoms with Crippen LogP contribution in [0.25, 0.3) is 0 Å². The van der Waals surface area contributed by atoms with Crippen LogP contribution < -0.4 is 0 Å². The fraction of sp³-hybridized carbons (Fsp3) is 0.500. The molecule has 0 nitrogen and oxygen atoms in total. The van der Waals surface area contributed by atoms with Gasteiger partial charge in [-0.15, -0.1) is 23.6 Å². The molecule has 0 spiro atoms. The summed E-state index contributed by atoms with van der Waals surface area (Å²) in [5, 5.41) is 0. The molecule has 0 saturated heterocycles. The molecule has 0 aromatic heterocycles. The van der Waals surface area contributed by atoms with Crippen molar-refractivity contribution in [3.63, 3.8) is 0 Å².